The molecule has 1 atom stereocenters. The predicted octanol–water partition coefficient (Wildman–Crippen LogP) is 3.01. The first-order chi connectivity index (χ1) is 17.7. The van der Waals surface area contributed by atoms with Gasteiger partial charge in [0.1, 0.15) is 6.33 Å². The van der Waals surface area contributed by atoms with Gasteiger partial charge in [0, 0.05) is 36.1 Å². The standard InChI is InChI=1S/C26H24FN7O3/c1-15-11-21(17-7-9-19(10-8-17)34-25(36)31(3)14-29-34)22(27)24(30-15)32-13-16(2)33(26(32)37)20-6-4-5-18(12-20)23(28)35/h4-12,14,16H,13H2,1-3H3,(H2,28,35)/t16-/m0/s1. The summed E-state index contributed by atoms with van der Waals surface area (Å²) in [4.78, 5) is 44.4. The highest BCUT2D eigenvalue weighted by molar-refractivity contribution is 6.07. The number of amides is 3. The van der Waals surface area contributed by atoms with Crippen molar-refractivity contribution in [3.05, 3.63) is 88.5 Å². The highest BCUT2D eigenvalue weighted by Gasteiger charge is 2.39. The summed E-state index contributed by atoms with van der Waals surface area (Å²) in [6.45, 7) is 3.77. The Morgan fingerprint density at radius 1 is 1.08 bits per heavy atom. The van der Waals surface area contributed by atoms with E-state index in [0.29, 0.717) is 22.6 Å². The van der Waals surface area contributed by atoms with E-state index >= 15 is 4.39 Å². The number of aromatic nitrogens is 4. The molecule has 0 bridgehead atoms. The van der Waals surface area contributed by atoms with Gasteiger partial charge in [-0.1, -0.05) is 18.2 Å². The fraction of sp³-hybridized carbons (Fsp3) is 0.192. The van der Waals surface area contributed by atoms with Crippen LogP contribution in [0, 0.1) is 12.7 Å². The molecule has 0 unspecified atom stereocenters. The highest BCUT2D eigenvalue weighted by atomic mass is 19.1. The lowest BCUT2D eigenvalue weighted by molar-refractivity contribution is 0.1000. The minimum atomic E-state index is -0.637. The molecule has 10 nitrogen and oxygen atoms in total. The Bertz CT molecular complexity index is 1590. The molecule has 1 saturated heterocycles. The minimum absolute atomic E-state index is 0.0783. The van der Waals surface area contributed by atoms with Crippen molar-refractivity contribution in [1.82, 2.24) is 19.3 Å². The van der Waals surface area contributed by atoms with Gasteiger partial charge in [0.25, 0.3) is 0 Å². The number of carbonyl (C=O) groups is 2. The molecule has 188 valence electrons. The molecule has 0 radical (unpaired) electrons. The molecule has 2 aromatic carbocycles. The first kappa shape index (κ1) is 23.9. The van der Waals surface area contributed by atoms with Crippen LogP contribution in [0.4, 0.5) is 20.7 Å². The van der Waals surface area contributed by atoms with Gasteiger partial charge in [-0.25, -0.2) is 19.0 Å². The minimum Gasteiger partial charge on any atom is -0.366 e. The van der Waals surface area contributed by atoms with Gasteiger partial charge < -0.3 is 5.73 Å². The molecule has 2 N–H and O–H groups in total. The van der Waals surface area contributed by atoms with E-state index in [1.165, 1.54) is 25.4 Å². The maximum atomic E-state index is 15.9. The zero-order valence-corrected chi connectivity index (χ0v) is 20.4. The third-order valence-corrected chi connectivity index (χ3v) is 6.30. The first-order valence-corrected chi connectivity index (χ1v) is 11.5. The first-order valence-electron chi connectivity index (χ1n) is 11.5. The molecule has 4 aromatic rings. The summed E-state index contributed by atoms with van der Waals surface area (Å²) in [5, 5.41) is 4.06. The van der Waals surface area contributed by atoms with Gasteiger partial charge in [0.2, 0.25) is 5.91 Å². The fourth-order valence-electron chi connectivity index (χ4n) is 4.46. The van der Waals surface area contributed by atoms with E-state index in [9.17, 15) is 14.4 Å². The summed E-state index contributed by atoms with van der Waals surface area (Å²) < 4.78 is 18.5. The summed E-state index contributed by atoms with van der Waals surface area (Å²) in [6.07, 6.45) is 1.41. The molecule has 1 aliphatic rings. The average Bonchev–Trinajstić information content (AvgIpc) is 3.37. The summed E-state index contributed by atoms with van der Waals surface area (Å²) in [5.41, 5.74) is 7.77. The number of carbonyl (C=O) groups excluding carboxylic acids is 2. The molecule has 0 spiro atoms. The van der Waals surface area contributed by atoms with Crippen LogP contribution in [0.15, 0.2) is 65.7 Å². The molecule has 1 aliphatic heterocycles. The molecule has 11 heteroatoms. The van der Waals surface area contributed by atoms with Gasteiger partial charge in [0.05, 0.1) is 11.7 Å². The maximum Gasteiger partial charge on any atom is 0.350 e. The van der Waals surface area contributed by atoms with E-state index < -0.39 is 17.8 Å². The van der Waals surface area contributed by atoms with Gasteiger partial charge in [-0.3, -0.25) is 19.2 Å². The Morgan fingerprint density at radius 2 is 1.81 bits per heavy atom. The van der Waals surface area contributed by atoms with E-state index in [1.54, 1.807) is 68.6 Å². The number of pyridine rings is 1. The number of nitrogens with zero attached hydrogens (tertiary/aromatic N) is 6. The smallest absolute Gasteiger partial charge is 0.350 e. The highest BCUT2D eigenvalue weighted by Crippen LogP contribution is 2.34. The Hall–Kier alpha value is -4.80. The quantitative estimate of drug-likeness (QED) is 0.451. The number of halogens is 1. The van der Waals surface area contributed by atoms with Crippen LogP contribution in [-0.4, -0.2) is 43.9 Å². The Kier molecular flexibility index (Phi) is 5.82. The molecular formula is C26H24FN7O3. The van der Waals surface area contributed by atoms with Gasteiger partial charge in [-0.05, 0) is 55.8 Å². The van der Waals surface area contributed by atoms with E-state index in [1.807, 2.05) is 6.92 Å². The van der Waals surface area contributed by atoms with Crippen molar-refractivity contribution < 1.29 is 14.0 Å². The summed E-state index contributed by atoms with van der Waals surface area (Å²) in [5.74, 6) is -1.32. The van der Waals surface area contributed by atoms with Crippen molar-refractivity contribution in [3.8, 4) is 16.8 Å². The van der Waals surface area contributed by atoms with Crippen molar-refractivity contribution in [1.29, 1.82) is 0 Å². The maximum absolute atomic E-state index is 15.9. The lowest BCUT2D eigenvalue weighted by atomic mass is 10.0. The number of nitrogens with two attached hydrogens (primary N) is 1. The van der Waals surface area contributed by atoms with Gasteiger partial charge in [-0.15, -0.1) is 0 Å². The number of rotatable bonds is 5. The zero-order chi connectivity index (χ0) is 26.4. The number of aryl methyl sites for hydroxylation is 2. The molecule has 5 rings (SSSR count). The SMILES string of the molecule is Cc1cc(-c2ccc(-n3ncn(C)c3=O)cc2)c(F)c(N2C[C@H](C)N(c3cccc(C(N)=O)c3)C2=O)n1. The summed E-state index contributed by atoms with van der Waals surface area (Å²) in [7, 11) is 1.60. The van der Waals surface area contributed by atoms with Crippen LogP contribution in [0.25, 0.3) is 16.8 Å². The van der Waals surface area contributed by atoms with Crippen molar-refractivity contribution in [2.45, 2.75) is 19.9 Å². The predicted molar refractivity (Wildman–Crippen MR) is 136 cm³/mol. The average molecular weight is 502 g/mol. The second-order valence-electron chi connectivity index (χ2n) is 8.96. The molecule has 3 amide bonds. The number of primary amides is 1. The normalized spacial score (nSPS) is 15.5. The van der Waals surface area contributed by atoms with E-state index in [4.69, 9.17) is 5.73 Å². The summed E-state index contributed by atoms with van der Waals surface area (Å²) >= 11 is 0. The number of hydrogen-bond donors (Lipinski definition) is 1. The van der Waals surface area contributed by atoms with Crippen LogP contribution in [0.3, 0.4) is 0 Å². The molecule has 37 heavy (non-hydrogen) atoms. The topological polar surface area (TPSA) is 119 Å². The van der Waals surface area contributed by atoms with Crippen LogP contribution < -0.4 is 21.2 Å². The van der Waals surface area contributed by atoms with Crippen molar-refractivity contribution in [3.63, 3.8) is 0 Å². The van der Waals surface area contributed by atoms with E-state index in [2.05, 4.69) is 10.1 Å². The number of benzene rings is 2. The summed E-state index contributed by atoms with van der Waals surface area (Å²) in [6, 6.07) is 14.0. The van der Waals surface area contributed by atoms with Gasteiger partial charge in [0.15, 0.2) is 11.6 Å². The molecule has 3 heterocycles. The van der Waals surface area contributed by atoms with E-state index in [0.717, 1.165) is 0 Å². The molecule has 0 aliphatic carbocycles. The monoisotopic (exact) mass is 501 g/mol. The number of urea groups is 1. The van der Waals surface area contributed by atoms with Crippen LogP contribution in [-0.2, 0) is 7.05 Å². The number of hydrogen-bond acceptors (Lipinski definition) is 5. The largest absolute Gasteiger partial charge is 0.366 e. The van der Waals surface area contributed by atoms with Gasteiger partial charge in [-0.2, -0.15) is 9.78 Å². The molecular weight excluding hydrogens is 477 g/mol. The third-order valence-electron chi connectivity index (χ3n) is 6.30. The lowest BCUT2D eigenvalue weighted by Crippen LogP contribution is -2.34. The second-order valence-corrected chi connectivity index (χ2v) is 8.96. The van der Waals surface area contributed by atoms with Crippen molar-refractivity contribution in [2.75, 3.05) is 16.3 Å². The fourth-order valence-corrected chi connectivity index (χ4v) is 4.46. The van der Waals surface area contributed by atoms with E-state index in [-0.39, 0.29) is 35.2 Å². The lowest BCUT2D eigenvalue weighted by Gasteiger charge is -2.21. The van der Waals surface area contributed by atoms with Crippen molar-refractivity contribution >= 4 is 23.4 Å². The van der Waals surface area contributed by atoms with Crippen LogP contribution in [0.2, 0.25) is 0 Å². The zero-order valence-electron chi connectivity index (χ0n) is 20.4. The molecule has 0 saturated carbocycles. The molecule has 2 aromatic heterocycles. The van der Waals surface area contributed by atoms with Crippen LogP contribution in [0.1, 0.15) is 23.0 Å². The van der Waals surface area contributed by atoms with Crippen molar-refractivity contribution in [2.24, 2.45) is 12.8 Å². The third kappa shape index (κ3) is 4.14. The van der Waals surface area contributed by atoms with Crippen LogP contribution >= 0.6 is 0 Å². The second kappa shape index (κ2) is 9.01. The number of anilines is 2. The Labute approximate surface area is 211 Å². The Morgan fingerprint density at radius 3 is 2.46 bits per heavy atom. The molecule has 1 fully saturated rings. The van der Waals surface area contributed by atoms with Crippen LogP contribution in [0.5, 0.6) is 0 Å². The van der Waals surface area contributed by atoms with Gasteiger partial charge >= 0.3 is 11.7 Å². The Balaban J connectivity index is 1.50.